The first-order chi connectivity index (χ1) is 7.78. The van der Waals surface area contributed by atoms with Crippen LogP contribution in [0.3, 0.4) is 0 Å². The highest BCUT2D eigenvalue weighted by atomic mass is 16.5. The average molecular weight is 217 g/mol. The minimum absolute atomic E-state index is 0.0126. The third-order valence-electron chi connectivity index (χ3n) is 1.96. The van der Waals surface area contributed by atoms with Gasteiger partial charge in [-0.25, -0.2) is 9.97 Å². The number of nitrogens with two attached hydrogens (primary N) is 1. The van der Waals surface area contributed by atoms with Gasteiger partial charge in [0, 0.05) is 0 Å². The van der Waals surface area contributed by atoms with E-state index in [0.29, 0.717) is 11.4 Å². The van der Waals surface area contributed by atoms with Crippen molar-refractivity contribution < 1.29 is 9.84 Å². The Bertz CT molecular complexity index is 454. The van der Waals surface area contributed by atoms with Crippen molar-refractivity contribution in [1.29, 1.82) is 0 Å². The molecule has 1 aromatic heterocycles. The Balaban J connectivity index is 2.11. The molecule has 0 amide bonds. The first kappa shape index (κ1) is 10.4. The first-order valence-electron chi connectivity index (χ1n) is 4.73. The van der Waals surface area contributed by atoms with Crippen molar-refractivity contribution in [3.05, 3.63) is 42.2 Å². The second-order valence-corrected chi connectivity index (χ2v) is 3.20. The highest BCUT2D eigenvalue weighted by Crippen LogP contribution is 2.18. The topological polar surface area (TPSA) is 81.3 Å². The molecule has 0 aliphatic carbocycles. The third kappa shape index (κ3) is 2.46. The molecule has 0 aliphatic rings. The number of aromatic nitrogens is 2. The van der Waals surface area contributed by atoms with Crippen molar-refractivity contribution in [3.8, 4) is 11.8 Å². The number of aliphatic hydroxyl groups excluding tert-OH is 1. The Labute approximate surface area is 92.5 Å². The third-order valence-corrected chi connectivity index (χ3v) is 1.96. The molecule has 2 aromatic rings. The molecule has 5 nitrogen and oxygen atoms in total. The van der Waals surface area contributed by atoms with Crippen LogP contribution in [0.2, 0.25) is 0 Å². The van der Waals surface area contributed by atoms with Crippen molar-refractivity contribution in [3.63, 3.8) is 0 Å². The van der Waals surface area contributed by atoms with Gasteiger partial charge in [0.25, 0.3) is 0 Å². The molecule has 0 saturated carbocycles. The van der Waals surface area contributed by atoms with Crippen LogP contribution >= 0.6 is 0 Å². The van der Waals surface area contributed by atoms with Crippen molar-refractivity contribution in [2.75, 3.05) is 5.73 Å². The second kappa shape index (κ2) is 4.59. The van der Waals surface area contributed by atoms with Crippen LogP contribution in [0.5, 0.6) is 11.8 Å². The quantitative estimate of drug-likeness (QED) is 0.810. The number of hydrogen-bond acceptors (Lipinski definition) is 5. The zero-order valence-electron chi connectivity index (χ0n) is 8.50. The summed E-state index contributed by atoms with van der Waals surface area (Å²) in [5.41, 5.74) is 6.76. The van der Waals surface area contributed by atoms with Crippen molar-refractivity contribution in [2.24, 2.45) is 0 Å². The maximum absolute atomic E-state index is 8.87. The molecule has 2 rings (SSSR count). The molecule has 0 fully saturated rings. The number of anilines is 1. The molecule has 3 N–H and O–H groups in total. The van der Waals surface area contributed by atoms with E-state index in [0.717, 1.165) is 5.56 Å². The predicted molar refractivity (Wildman–Crippen MR) is 58.9 cm³/mol. The fourth-order valence-corrected chi connectivity index (χ4v) is 1.15. The number of hydrogen-bond donors (Lipinski definition) is 2. The van der Waals surface area contributed by atoms with Crippen LogP contribution in [0.4, 0.5) is 5.69 Å². The number of rotatable bonds is 3. The fraction of sp³-hybridized carbons (Fsp3) is 0.0909. The lowest BCUT2D eigenvalue weighted by molar-refractivity contribution is 0.281. The fourth-order valence-electron chi connectivity index (χ4n) is 1.15. The highest BCUT2D eigenvalue weighted by Gasteiger charge is 1.99. The Hall–Kier alpha value is -2.14. The Kier molecular flexibility index (Phi) is 2.98. The lowest BCUT2D eigenvalue weighted by atomic mass is 10.2. The summed E-state index contributed by atoms with van der Waals surface area (Å²) in [6, 6.07) is 7.27. The summed E-state index contributed by atoms with van der Waals surface area (Å²) in [7, 11) is 0. The molecule has 0 atom stereocenters. The minimum Gasteiger partial charge on any atom is -0.424 e. The van der Waals surface area contributed by atoms with Gasteiger partial charge >= 0.3 is 6.01 Å². The maximum Gasteiger partial charge on any atom is 0.322 e. The zero-order valence-corrected chi connectivity index (χ0v) is 8.50. The van der Waals surface area contributed by atoms with E-state index < -0.39 is 0 Å². The van der Waals surface area contributed by atoms with Crippen LogP contribution in [0, 0.1) is 0 Å². The van der Waals surface area contributed by atoms with E-state index in [4.69, 9.17) is 15.6 Å². The first-order valence-corrected chi connectivity index (χ1v) is 4.73. The number of nitrogens with zero attached hydrogens (tertiary/aromatic N) is 2. The van der Waals surface area contributed by atoms with Crippen molar-refractivity contribution >= 4 is 5.69 Å². The summed E-state index contributed by atoms with van der Waals surface area (Å²) in [5.74, 6) is 0.613. The standard InChI is InChI=1S/C11H11N3O2/c12-9-5-13-11(14-6-9)16-10-3-1-8(7-15)2-4-10/h1-6,15H,7,12H2. The average Bonchev–Trinajstić information content (AvgIpc) is 2.33. The molecule has 0 unspecified atom stereocenters. The summed E-state index contributed by atoms with van der Waals surface area (Å²) < 4.78 is 5.37. The Morgan fingerprint density at radius 1 is 1.12 bits per heavy atom. The van der Waals surface area contributed by atoms with Gasteiger partial charge in [-0.2, -0.15) is 0 Å². The van der Waals surface area contributed by atoms with E-state index in [9.17, 15) is 0 Å². The molecule has 0 saturated heterocycles. The molecule has 0 bridgehead atoms. The molecule has 0 aliphatic heterocycles. The largest absolute Gasteiger partial charge is 0.424 e. The van der Waals surface area contributed by atoms with Crippen molar-refractivity contribution in [2.45, 2.75) is 6.61 Å². The van der Waals surface area contributed by atoms with Gasteiger partial charge in [-0.3, -0.25) is 0 Å². The summed E-state index contributed by atoms with van der Waals surface area (Å²) in [6.45, 7) is 0.0126. The zero-order chi connectivity index (χ0) is 11.4. The summed E-state index contributed by atoms with van der Waals surface area (Å²) >= 11 is 0. The molecule has 0 spiro atoms. The van der Waals surface area contributed by atoms with E-state index in [1.165, 1.54) is 12.4 Å². The molecule has 1 heterocycles. The van der Waals surface area contributed by atoms with E-state index in [2.05, 4.69) is 9.97 Å². The van der Waals surface area contributed by atoms with Crippen LogP contribution in [0.1, 0.15) is 5.56 Å². The summed E-state index contributed by atoms with van der Waals surface area (Å²) in [6.07, 6.45) is 2.95. The molecular formula is C11H11N3O2. The van der Waals surface area contributed by atoms with Crippen LogP contribution < -0.4 is 10.5 Å². The van der Waals surface area contributed by atoms with Crippen LogP contribution in [0.25, 0.3) is 0 Å². The Morgan fingerprint density at radius 2 is 1.75 bits per heavy atom. The summed E-state index contributed by atoms with van der Waals surface area (Å²) in [5, 5.41) is 8.87. The number of nitrogen functional groups attached to an aromatic ring is 1. The van der Waals surface area contributed by atoms with Gasteiger partial charge in [-0.15, -0.1) is 0 Å². The van der Waals surface area contributed by atoms with Crippen LogP contribution in [0.15, 0.2) is 36.7 Å². The second-order valence-electron chi connectivity index (χ2n) is 3.20. The number of aliphatic hydroxyl groups is 1. The smallest absolute Gasteiger partial charge is 0.322 e. The monoisotopic (exact) mass is 217 g/mol. The lowest BCUT2D eigenvalue weighted by Crippen LogP contribution is -1.94. The van der Waals surface area contributed by atoms with E-state index in [-0.39, 0.29) is 12.6 Å². The molecule has 0 radical (unpaired) electrons. The van der Waals surface area contributed by atoms with Crippen LogP contribution in [-0.4, -0.2) is 15.1 Å². The molecule has 82 valence electrons. The van der Waals surface area contributed by atoms with Gasteiger partial charge < -0.3 is 15.6 Å². The summed E-state index contributed by atoms with van der Waals surface area (Å²) in [4.78, 5) is 7.82. The molecule has 16 heavy (non-hydrogen) atoms. The number of benzene rings is 1. The highest BCUT2D eigenvalue weighted by molar-refractivity contribution is 5.32. The van der Waals surface area contributed by atoms with Crippen LogP contribution in [-0.2, 0) is 6.61 Å². The van der Waals surface area contributed by atoms with Gasteiger partial charge in [0.2, 0.25) is 0 Å². The van der Waals surface area contributed by atoms with E-state index in [1.807, 2.05) is 0 Å². The van der Waals surface area contributed by atoms with Gasteiger partial charge in [-0.05, 0) is 17.7 Å². The van der Waals surface area contributed by atoms with E-state index >= 15 is 0 Å². The van der Waals surface area contributed by atoms with E-state index in [1.54, 1.807) is 24.3 Å². The SMILES string of the molecule is Nc1cnc(Oc2ccc(CO)cc2)nc1. The molecule has 1 aromatic carbocycles. The minimum atomic E-state index is 0.0126. The maximum atomic E-state index is 8.87. The van der Waals surface area contributed by atoms with Gasteiger partial charge in [-0.1, -0.05) is 12.1 Å². The lowest BCUT2D eigenvalue weighted by Gasteiger charge is -2.03. The van der Waals surface area contributed by atoms with Gasteiger partial charge in [0.15, 0.2) is 0 Å². The number of ether oxygens (including phenoxy) is 1. The van der Waals surface area contributed by atoms with Crippen molar-refractivity contribution in [1.82, 2.24) is 9.97 Å². The Morgan fingerprint density at radius 3 is 2.31 bits per heavy atom. The molecule has 5 heteroatoms. The predicted octanol–water partition coefficient (Wildman–Crippen LogP) is 1.34. The van der Waals surface area contributed by atoms with Gasteiger partial charge in [0.1, 0.15) is 5.75 Å². The molecular weight excluding hydrogens is 206 g/mol. The normalized spacial score (nSPS) is 10.1. The van der Waals surface area contributed by atoms with Gasteiger partial charge in [0.05, 0.1) is 24.7 Å².